The number of rotatable bonds is 4. The molecule has 5 nitrogen and oxygen atoms in total. The first-order valence-corrected chi connectivity index (χ1v) is 8.11. The average molecular weight is 330 g/mol. The van der Waals surface area contributed by atoms with Gasteiger partial charge in [0.25, 0.3) is 0 Å². The number of nitrogens with zero attached hydrogens (tertiary/aromatic N) is 3. The van der Waals surface area contributed by atoms with Crippen LogP contribution in [-0.2, 0) is 0 Å². The van der Waals surface area contributed by atoms with Crippen molar-refractivity contribution in [2.75, 3.05) is 18.5 Å². The Bertz CT molecular complexity index is 746. The number of nitrogens with one attached hydrogen (secondary N) is 2. The third-order valence-corrected chi connectivity index (χ3v) is 3.97. The van der Waals surface area contributed by atoms with Gasteiger partial charge in [-0.05, 0) is 25.3 Å². The second-order valence-corrected chi connectivity index (χ2v) is 5.59. The Morgan fingerprint density at radius 2 is 1.87 bits per heavy atom. The van der Waals surface area contributed by atoms with E-state index in [1.165, 1.54) is 5.39 Å². The molecule has 1 aliphatic rings. The van der Waals surface area contributed by atoms with Gasteiger partial charge in [0.05, 0.1) is 5.69 Å². The van der Waals surface area contributed by atoms with Crippen LogP contribution >= 0.6 is 11.6 Å². The molecule has 1 heterocycles. The van der Waals surface area contributed by atoms with Gasteiger partial charge < -0.3 is 4.90 Å². The highest BCUT2D eigenvalue weighted by Gasteiger charge is 2.15. The van der Waals surface area contributed by atoms with Crippen LogP contribution in [0, 0.1) is 0 Å². The van der Waals surface area contributed by atoms with E-state index in [1.807, 2.05) is 30.3 Å². The first-order chi connectivity index (χ1) is 11.2. The van der Waals surface area contributed by atoms with Crippen molar-refractivity contribution in [3.63, 3.8) is 0 Å². The molecular weight excluding hydrogens is 310 g/mol. The van der Waals surface area contributed by atoms with Gasteiger partial charge in [-0.25, -0.2) is 0 Å². The molecule has 0 radical (unpaired) electrons. The minimum Gasteiger partial charge on any atom is -0.356 e. The van der Waals surface area contributed by atoms with Gasteiger partial charge in [0.2, 0.25) is 0 Å². The lowest BCUT2D eigenvalue weighted by atomic mass is 10.1. The number of hydrazine groups is 2. The van der Waals surface area contributed by atoms with E-state index in [0.717, 1.165) is 30.0 Å². The predicted molar refractivity (Wildman–Crippen MR) is 96.8 cm³/mol. The molecule has 0 spiro atoms. The smallest absolute Gasteiger partial charge is 0.155 e. The molecule has 0 bridgehead atoms. The minimum atomic E-state index is 0.523. The van der Waals surface area contributed by atoms with Crippen molar-refractivity contribution in [3.05, 3.63) is 53.7 Å². The van der Waals surface area contributed by atoms with Crippen LogP contribution in [0.1, 0.15) is 13.8 Å². The number of hydrogen-bond acceptors (Lipinski definition) is 5. The molecule has 0 fully saturated rings. The number of likely N-dealkylation sites (N-methyl/N-ethyl adjacent to an activating group) is 1. The Kier molecular flexibility index (Phi) is 4.57. The van der Waals surface area contributed by atoms with Gasteiger partial charge >= 0.3 is 0 Å². The van der Waals surface area contributed by atoms with E-state index in [0.29, 0.717) is 5.16 Å². The highest BCUT2D eigenvalue weighted by molar-refractivity contribution is 6.31. The Morgan fingerprint density at radius 1 is 1.13 bits per heavy atom. The van der Waals surface area contributed by atoms with Crippen LogP contribution in [0.25, 0.3) is 10.8 Å². The molecular formula is C17H20ClN5. The van der Waals surface area contributed by atoms with E-state index in [2.05, 4.69) is 52.9 Å². The second kappa shape index (κ2) is 6.79. The first-order valence-electron chi connectivity index (χ1n) is 7.73. The van der Waals surface area contributed by atoms with Gasteiger partial charge in [-0.2, -0.15) is 0 Å². The lowest BCUT2D eigenvalue weighted by Crippen LogP contribution is -2.43. The SMILES string of the molecule is CCN(CC)C1=NN(Nc2cccc3ccccc23)NC(Cl)=C1. The van der Waals surface area contributed by atoms with Gasteiger partial charge in [-0.3, -0.25) is 10.9 Å². The van der Waals surface area contributed by atoms with E-state index < -0.39 is 0 Å². The molecule has 0 unspecified atom stereocenters. The summed E-state index contributed by atoms with van der Waals surface area (Å²) in [6.45, 7) is 5.94. The maximum Gasteiger partial charge on any atom is 0.155 e. The van der Waals surface area contributed by atoms with Crippen LogP contribution in [0.3, 0.4) is 0 Å². The average Bonchev–Trinajstić information content (AvgIpc) is 2.56. The number of amidine groups is 1. The number of benzene rings is 2. The third-order valence-electron chi connectivity index (χ3n) is 3.77. The Balaban J connectivity index is 1.88. The summed E-state index contributed by atoms with van der Waals surface area (Å²) in [7, 11) is 0. The highest BCUT2D eigenvalue weighted by atomic mass is 35.5. The number of anilines is 1. The van der Waals surface area contributed by atoms with Crippen LogP contribution in [-0.4, -0.2) is 29.1 Å². The molecule has 23 heavy (non-hydrogen) atoms. The van der Waals surface area contributed by atoms with Crippen molar-refractivity contribution < 1.29 is 0 Å². The van der Waals surface area contributed by atoms with Crippen molar-refractivity contribution in [1.82, 2.24) is 15.6 Å². The zero-order valence-electron chi connectivity index (χ0n) is 13.3. The van der Waals surface area contributed by atoms with E-state index in [9.17, 15) is 0 Å². The number of hydrazone groups is 1. The molecule has 1 aliphatic heterocycles. The first kappa shape index (κ1) is 15.5. The van der Waals surface area contributed by atoms with Gasteiger partial charge in [-0.15, -0.1) is 10.3 Å². The Hall–Kier alpha value is -2.40. The third kappa shape index (κ3) is 3.35. The fraction of sp³-hybridized carbons (Fsp3) is 0.235. The fourth-order valence-corrected chi connectivity index (χ4v) is 2.77. The zero-order chi connectivity index (χ0) is 16.2. The van der Waals surface area contributed by atoms with E-state index >= 15 is 0 Å². The molecule has 2 aromatic carbocycles. The monoisotopic (exact) mass is 329 g/mol. The lowest BCUT2D eigenvalue weighted by molar-refractivity contribution is 0.269. The quantitative estimate of drug-likeness (QED) is 0.839. The van der Waals surface area contributed by atoms with Crippen molar-refractivity contribution in [1.29, 1.82) is 0 Å². The minimum absolute atomic E-state index is 0.523. The molecule has 0 aromatic heterocycles. The molecule has 0 saturated heterocycles. The van der Waals surface area contributed by atoms with E-state index in [-0.39, 0.29) is 0 Å². The van der Waals surface area contributed by atoms with Crippen molar-refractivity contribution in [2.45, 2.75) is 13.8 Å². The van der Waals surface area contributed by atoms with Crippen LogP contribution in [0.15, 0.2) is 58.8 Å². The predicted octanol–water partition coefficient (Wildman–Crippen LogP) is 3.72. The van der Waals surface area contributed by atoms with Crippen LogP contribution < -0.4 is 10.9 Å². The molecule has 120 valence electrons. The normalized spacial score (nSPS) is 14.1. The summed E-state index contributed by atoms with van der Waals surface area (Å²) in [6.07, 6.45) is 1.83. The Labute approximate surface area is 141 Å². The summed E-state index contributed by atoms with van der Waals surface area (Å²) in [5, 5.41) is 8.94. The maximum absolute atomic E-state index is 6.21. The maximum atomic E-state index is 6.21. The summed E-state index contributed by atoms with van der Waals surface area (Å²) in [6, 6.07) is 14.3. The molecule has 2 N–H and O–H groups in total. The summed E-state index contributed by atoms with van der Waals surface area (Å²) in [5.41, 5.74) is 7.23. The van der Waals surface area contributed by atoms with E-state index in [1.54, 1.807) is 5.23 Å². The summed E-state index contributed by atoms with van der Waals surface area (Å²) in [5.74, 6) is 0.825. The molecule has 0 amide bonds. The molecule has 3 rings (SSSR count). The van der Waals surface area contributed by atoms with Crippen molar-refractivity contribution in [3.8, 4) is 0 Å². The van der Waals surface area contributed by atoms with Crippen molar-refractivity contribution in [2.24, 2.45) is 5.10 Å². The van der Waals surface area contributed by atoms with Gasteiger partial charge in [0.1, 0.15) is 5.16 Å². The molecule has 0 saturated carbocycles. The second-order valence-electron chi connectivity index (χ2n) is 5.18. The summed E-state index contributed by atoms with van der Waals surface area (Å²) in [4.78, 5) is 2.14. The standard InChI is InChI=1S/C17H20ClN5/c1-3-22(4-2)17-12-16(18)20-23(21-17)19-15-11-7-9-13-8-5-6-10-14(13)15/h5-12,19-20H,3-4H2,1-2H3. The topological polar surface area (TPSA) is 42.9 Å². The van der Waals surface area contributed by atoms with Gasteiger partial charge in [0, 0.05) is 24.6 Å². The number of hydrogen-bond donors (Lipinski definition) is 2. The van der Waals surface area contributed by atoms with Crippen LogP contribution in [0.5, 0.6) is 0 Å². The fourth-order valence-electron chi connectivity index (χ4n) is 2.60. The number of fused-ring (bicyclic) bond motifs is 1. The largest absolute Gasteiger partial charge is 0.356 e. The van der Waals surface area contributed by atoms with Crippen molar-refractivity contribution >= 4 is 33.9 Å². The summed E-state index contributed by atoms with van der Waals surface area (Å²) >= 11 is 6.21. The van der Waals surface area contributed by atoms with Gasteiger partial charge in [-0.1, -0.05) is 48.0 Å². The lowest BCUT2D eigenvalue weighted by Gasteiger charge is -2.30. The van der Waals surface area contributed by atoms with Gasteiger partial charge in [0.15, 0.2) is 5.84 Å². The molecule has 0 atom stereocenters. The zero-order valence-corrected chi connectivity index (χ0v) is 14.0. The Morgan fingerprint density at radius 3 is 2.65 bits per heavy atom. The molecule has 0 aliphatic carbocycles. The van der Waals surface area contributed by atoms with Crippen LogP contribution in [0.4, 0.5) is 5.69 Å². The van der Waals surface area contributed by atoms with E-state index in [4.69, 9.17) is 11.6 Å². The number of halogens is 1. The summed E-state index contributed by atoms with van der Waals surface area (Å²) < 4.78 is 0. The highest BCUT2D eigenvalue weighted by Crippen LogP contribution is 2.23. The van der Waals surface area contributed by atoms with Crippen LogP contribution in [0.2, 0.25) is 0 Å². The molecule has 6 heteroatoms. The molecule has 2 aromatic rings.